The summed E-state index contributed by atoms with van der Waals surface area (Å²) < 4.78 is 1.69. The molecule has 0 bridgehead atoms. The van der Waals surface area contributed by atoms with Crippen molar-refractivity contribution in [3.8, 4) is 11.3 Å². The summed E-state index contributed by atoms with van der Waals surface area (Å²) in [7, 11) is 0. The lowest BCUT2D eigenvalue weighted by molar-refractivity contribution is -0.108. The van der Waals surface area contributed by atoms with Gasteiger partial charge in [0.05, 0.1) is 6.20 Å². The highest BCUT2D eigenvalue weighted by atomic mass is 16.1. The van der Waals surface area contributed by atoms with E-state index in [2.05, 4.69) is 29.4 Å². The lowest BCUT2D eigenvalue weighted by atomic mass is 10.1. The number of nitrogens with zero attached hydrogens (tertiary/aromatic N) is 3. The maximum Gasteiger partial charge on any atom is 0.121 e. The molecule has 1 aromatic carbocycles. The normalized spacial score (nSPS) is 10.4. The Balaban J connectivity index is 2.15. The van der Waals surface area contributed by atoms with Crippen LogP contribution in [0.3, 0.4) is 0 Å². The van der Waals surface area contributed by atoms with Gasteiger partial charge in [-0.1, -0.05) is 36.4 Å². The SMILES string of the molecule is CCc1ccc(-c2cn(CCC=O)nn2)cc1. The summed E-state index contributed by atoms with van der Waals surface area (Å²) in [5.74, 6) is 0. The van der Waals surface area contributed by atoms with E-state index in [1.165, 1.54) is 5.56 Å². The van der Waals surface area contributed by atoms with Gasteiger partial charge in [0, 0.05) is 18.5 Å². The van der Waals surface area contributed by atoms with E-state index in [1.807, 2.05) is 18.3 Å². The van der Waals surface area contributed by atoms with Crippen molar-refractivity contribution in [2.45, 2.75) is 26.3 Å². The van der Waals surface area contributed by atoms with Gasteiger partial charge in [0.15, 0.2) is 0 Å². The van der Waals surface area contributed by atoms with Crippen LogP contribution in [0.5, 0.6) is 0 Å². The monoisotopic (exact) mass is 229 g/mol. The Morgan fingerprint density at radius 1 is 1.29 bits per heavy atom. The van der Waals surface area contributed by atoms with Gasteiger partial charge in [-0.15, -0.1) is 5.10 Å². The zero-order valence-corrected chi connectivity index (χ0v) is 9.84. The molecule has 0 amide bonds. The van der Waals surface area contributed by atoms with E-state index < -0.39 is 0 Å². The summed E-state index contributed by atoms with van der Waals surface area (Å²) >= 11 is 0. The van der Waals surface area contributed by atoms with Crippen LogP contribution in [0.2, 0.25) is 0 Å². The van der Waals surface area contributed by atoms with Crippen LogP contribution < -0.4 is 0 Å². The van der Waals surface area contributed by atoms with Crippen LogP contribution in [0.15, 0.2) is 30.5 Å². The van der Waals surface area contributed by atoms with Gasteiger partial charge in [0.1, 0.15) is 12.0 Å². The summed E-state index contributed by atoms with van der Waals surface area (Å²) in [6, 6.07) is 8.29. The van der Waals surface area contributed by atoms with Crippen LogP contribution in [0.25, 0.3) is 11.3 Å². The average Bonchev–Trinajstić information content (AvgIpc) is 2.85. The van der Waals surface area contributed by atoms with Crippen LogP contribution >= 0.6 is 0 Å². The number of aromatic nitrogens is 3. The first-order valence-electron chi connectivity index (χ1n) is 5.76. The Bertz CT molecular complexity index is 488. The van der Waals surface area contributed by atoms with E-state index in [4.69, 9.17) is 0 Å². The van der Waals surface area contributed by atoms with Gasteiger partial charge in [-0.25, -0.2) is 0 Å². The van der Waals surface area contributed by atoms with E-state index in [9.17, 15) is 4.79 Å². The molecule has 1 heterocycles. The zero-order valence-electron chi connectivity index (χ0n) is 9.84. The van der Waals surface area contributed by atoms with E-state index in [0.717, 1.165) is 24.0 Å². The van der Waals surface area contributed by atoms with E-state index in [1.54, 1.807) is 4.68 Å². The van der Waals surface area contributed by atoms with Crippen molar-refractivity contribution in [3.63, 3.8) is 0 Å². The summed E-state index contributed by atoms with van der Waals surface area (Å²) in [5, 5.41) is 8.07. The van der Waals surface area contributed by atoms with Crippen LogP contribution in [-0.2, 0) is 17.8 Å². The summed E-state index contributed by atoms with van der Waals surface area (Å²) in [6.45, 7) is 2.72. The largest absolute Gasteiger partial charge is 0.303 e. The standard InChI is InChI=1S/C13H15N3O/c1-2-11-4-6-12(7-5-11)13-10-16(15-14-13)8-3-9-17/h4-7,9-10H,2-3,8H2,1H3. The summed E-state index contributed by atoms with van der Waals surface area (Å²) in [6.07, 6.45) is 4.26. The van der Waals surface area contributed by atoms with Crippen molar-refractivity contribution in [3.05, 3.63) is 36.0 Å². The van der Waals surface area contributed by atoms with Crippen molar-refractivity contribution in [2.24, 2.45) is 0 Å². The first-order valence-corrected chi connectivity index (χ1v) is 5.76. The molecule has 17 heavy (non-hydrogen) atoms. The highest BCUT2D eigenvalue weighted by molar-refractivity contribution is 5.58. The number of hydrogen-bond donors (Lipinski definition) is 0. The molecular formula is C13H15N3O. The minimum atomic E-state index is 0.470. The zero-order chi connectivity index (χ0) is 12.1. The Morgan fingerprint density at radius 3 is 2.71 bits per heavy atom. The second-order valence-electron chi connectivity index (χ2n) is 3.87. The van der Waals surface area contributed by atoms with E-state index in [0.29, 0.717) is 13.0 Å². The van der Waals surface area contributed by atoms with Gasteiger partial charge >= 0.3 is 0 Å². The predicted octanol–water partition coefficient (Wildman–Crippen LogP) is 2.10. The Labute approximate surface area is 100 Å². The van der Waals surface area contributed by atoms with Crippen molar-refractivity contribution >= 4 is 6.29 Å². The smallest absolute Gasteiger partial charge is 0.121 e. The number of rotatable bonds is 5. The first-order chi connectivity index (χ1) is 8.33. The molecule has 0 atom stereocenters. The summed E-state index contributed by atoms with van der Waals surface area (Å²) in [4.78, 5) is 10.3. The fraction of sp³-hybridized carbons (Fsp3) is 0.308. The lowest BCUT2D eigenvalue weighted by Gasteiger charge is -1.98. The quantitative estimate of drug-likeness (QED) is 0.738. The molecule has 0 aliphatic rings. The highest BCUT2D eigenvalue weighted by Crippen LogP contribution is 2.16. The Morgan fingerprint density at radius 2 is 2.06 bits per heavy atom. The molecule has 0 spiro atoms. The van der Waals surface area contributed by atoms with Crippen molar-refractivity contribution in [1.29, 1.82) is 0 Å². The number of aryl methyl sites for hydroxylation is 2. The number of carbonyl (C=O) groups excluding carboxylic acids is 1. The Hall–Kier alpha value is -1.97. The fourth-order valence-corrected chi connectivity index (χ4v) is 1.64. The third-order valence-corrected chi connectivity index (χ3v) is 2.67. The molecule has 0 N–H and O–H groups in total. The molecule has 88 valence electrons. The molecule has 2 rings (SSSR count). The second kappa shape index (κ2) is 5.39. The van der Waals surface area contributed by atoms with Gasteiger partial charge in [0.25, 0.3) is 0 Å². The van der Waals surface area contributed by atoms with Gasteiger partial charge in [-0.2, -0.15) is 0 Å². The highest BCUT2D eigenvalue weighted by Gasteiger charge is 2.03. The van der Waals surface area contributed by atoms with Crippen molar-refractivity contribution in [1.82, 2.24) is 15.0 Å². The first kappa shape index (κ1) is 11.5. The van der Waals surface area contributed by atoms with Crippen LogP contribution in [0.4, 0.5) is 0 Å². The number of carbonyl (C=O) groups is 1. The second-order valence-corrected chi connectivity index (χ2v) is 3.87. The van der Waals surface area contributed by atoms with Crippen LogP contribution in [0.1, 0.15) is 18.9 Å². The van der Waals surface area contributed by atoms with Gasteiger partial charge in [-0.05, 0) is 12.0 Å². The number of hydrogen-bond acceptors (Lipinski definition) is 3. The van der Waals surface area contributed by atoms with Gasteiger partial charge in [-0.3, -0.25) is 4.68 Å². The van der Waals surface area contributed by atoms with Gasteiger partial charge in [0.2, 0.25) is 0 Å². The maximum absolute atomic E-state index is 10.3. The topological polar surface area (TPSA) is 47.8 Å². The third-order valence-electron chi connectivity index (χ3n) is 2.67. The molecule has 2 aromatic rings. The molecule has 0 aliphatic heterocycles. The fourth-order valence-electron chi connectivity index (χ4n) is 1.64. The minimum Gasteiger partial charge on any atom is -0.303 e. The molecular weight excluding hydrogens is 214 g/mol. The number of aldehydes is 1. The minimum absolute atomic E-state index is 0.470. The molecule has 0 fully saturated rings. The molecule has 0 saturated carbocycles. The predicted molar refractivity (Wildman–Crippen MR) is 65.5 cm³/mol. The van der Waals surface area contributed by atoms with Crippen molar-refractivity contribution in [2.75, 3.05) is 0 Å². The molecule has 4 nitrogen and oxygen atoms in total. The van der Waals surface area contributed by atoms with Crippen molar-refractivity contribution < 1.29 is 4.79 Å². The molecule has 0 saturated heterocycles. The molecule has 1 aromatic heterocycles. The molecule has 0 aliphatic carbocycles. The molecule has 0 radical (unpaired) electrons. The lowest BCUT2D eigenvalue weighted by Crippen LogP contribution is -1.98. The number of benzene rings is 1. The molecule has 0 unspecified atom stereocenters. The third kappa shape index (κ3) is 2.78. The summed E-state index contributed by atoms with van der Waals surface area (Å²) in [5.41, 5.74) is 3.21. The van der Waals surface area contributed by atoms with E-state index >= 15 is 0 Å². The average molecular weight is 229 g/mol. The van der Waals surface area contributed by atoms with Gasteiger partial charge < -0.3 is 4.79 Å². The van der Waals surface area contributed by atoms with Crippen LogP contribution in [-0.4, -0.2) is 21.3 Å². The van der Waals surface area contributed by atoms with E-state index in [-0.39, 0.29) is 0 Å². The maximum atomic E-state index is 10.3. The Kier molecular flexibility index (Phi) is 3.65. The molecule has 4 heteroatoms. The van der Waals surface area contributed by atoms with Crippen LogP contribution in [0, 0.1) is 0 Å².